The van der Waals surface area contributed by atoms with Crippen molar-refractivity contribution in [3.63, 3.8) is 0 Å². The zero-order valence-electron chi connectivity index (χ0n) is 15.3. The lowest BCUT2D eigenvalue weighted by atomic mass is 10.0. The fourth-order valence-corrected chi connectivity index (χ4v) is 3.58. The van der Waals surface area contributed by atoms with E-state index in [1.165, 1.54) is 11.9 Å². The minimum absolute atomic E-state index is 0.633. The Balaban J connectivity index is 1.68. The van der Waals surface area contributed by atoms with Crippen LogP contribution in [0, 0.1) is 0 Å². The summed E-state index contributed by atoms with van der Waals surface area (Å²) in [6, 6.07) is 8.32. The highest BCUT2D eigenvalue weighted by atomic mass is 16.5. The molecule has 4 aromatic heterocycles. The van der Waals surface area contributed by atoms with Crippen LogP contribution in [-0.4, -0.2) is 37.7 Å². The first kappa shape index (κ1) is 16.8. The highest BCUT2D eigenvalue weighted by Gasteiger charge is 2.16. The third-order valence-electron chi connectivity index (χ3n) is 4.97. The lowest BCUT2D eigenvalue weighted by Gasteiger charge is -2.16. The van der Waals surface area contributed by atoms with Crippen molar-refractivity contribution in [2.24, 2.45) is 0 Å². The first-order valence-electron chi connectivity index (χ1n) is 9.30. The van der Waals surface area contributed by atoms with Gasteiger partial charge in [-0.15, -0.1) is 0 Å². The van der Waals surface area contributed by atoms with E-state index in [1.54, 1.807) is 18.6 Å². The summed E-state index contributed by atoms with van der Waals surface area (Å²) >= 11 is 0. The molecule has 0 aromatic carbocycles. The number of nitrogens with zero attached hydrogens (tertiary/aromatic N) is 5. The summed E-state index contributed by atoms with van der Waals surface area (Å²) in [7, 11) is 0. The number of ether oxygens (including phenoxy) is 1. The van der Waals surface area contributed by atoms with Gasteiger partial charge in [0.1, 0.15) is 6.33 Å². The Bertz CT molecular complexity index is 1140. The van der Waals surface area contributed by atoms with Crippen LogP contribution in [0.15, 0.2) is 67.7 Å². The van der Waals surface area contributed by atoms with Gasteiger partial charge in [0.15, 0.2) is 0 Å². The van der Waals surface area contributed by atoms with Gasteiger partial charge in [0.2, 0.25) is 0 Å². The topological polar surface area (TPSA) is 65.7 Å². The minimum atomic E-state index is 0.633. The summed E-state index contributed by atoms with van der Waals surface area (Å²) in [5, 5.41) is 1.15. The summed E-state index contributed by atoms with van der Waals surface area (Å²) < 4.78 is 7.74. The predicted octanol–water partition coefficient (Wildman–Crippen LogP) is 3.74. The molecule has 138 valence electrons. The first-order chi connectivity index (χ1) is 13.9. The Morgan fingerprint density at radius 1 is 1.07 bits per heavy atom. The van der Waals surface area contributed by atoms with Crippen LogP contribution < -0.4 is 0 Å². The number of rotatable bonds is 4. The maximum absolute atomic E-state index is 5.50. The highest BCUT2D eigenvalue weighted by Crippen LogP contribution is 2.31. The molecule has 1 aliphatic heterocycles. The SMILES string of the molecule is C1=C(c2nc(-c3cncnc3)cc3c2ccn3Cc2cccnc2)CCOC1. The van der Waals surface area contributed by atoms with Crippen molar-refractivity contribution in [1.29, 1.82) is 0 Å². The van der Waals surface area contributed by atoms with Gasteiger partial charge in [-0.25, -0.2) is 15.0 Å². The predicted molar refractivity (Wildman–Crippen MR) is 108 cm³/mol. The summed E-state index contributed by atoms with van der Waals surface area (Å²) in [6.07, 6.45) is 14.0. The fraction of sp³-hybridized carbons (Fsp3) is 0.182. The molecule has 0 spiro atoms. The molecule has 4 aromatic rings. The van der Waals surface area contributed by atoms with E-state index in [-0.39, 0.29) is 0 Å². The van der Waals surface area contributed by atoms with Crippen LogP contribution in [0.2, 0.25) is 0 Å². The summed E-state index contributed by atoms with van der Waals surface area (Å²) in [5.41, 5.74) is 6.33. The highest BCUT2D eigenvalue weighted by molar-refractivity contribution is 5.93. The summed E-state index contributed by atoms with van der Waals surface area (Å²) in [5.74, 6) is 0. The third-order valence-corrected chi connectivity index (χ3v) is 4.97. The zero-order valence-corrected chi connectivity index (χ0v) is 15.3. The number of pyridine rings is 2. The monoisotopic (exact) mass is 369 g/mol. The molecule has 0 bridgehead atoms. The number of hydrogen-bond acceptors (Lipinski definition) is 5. The Kier molecular flexibility index (Phi) is 4.39. The second kappa shape index (κ2) is 7.32. The zero-order chi connectivity index (χ0) is 18.8. The van der Waals surface area contributed by atoms with Crippen LogP contribution in [0.3, 0.4) is 0 Å². The van der Waals surface area contributed by atoms with E-state index < -0.39 is 0 Å². The molecule has 0 radical (unpaired) electrons. The molecular weight excluding hydrogens is 350 g/mol. The van der Waals surface area contributed by atoms with Crippen LogP contribution in [0.4, 0.5) is 0 Å². The van der Waals surface area contributed by atoms with Crippen molar-refractivity contribution in [2.75, 3.05) is 13.2 Å². The number of aromatic nitrogens is 5. The quantitative estimate of drug-likeness (QED) is 0.548. The molecule has 28 heavy (non-hydrogen) atoms. The van der Waals surface area contributed by atoms with Gasteiger partial charge >= 0.3 is 0 Å². The molecule has 0 amide bonds. The van der Waals surface area contributed by atoms with Gasteiger partial charge in [0.25, 0.3) is 0 Å². The molecule has 5 heterocycles. The molecule has 6 heteroatoms. The Morgan fingerprint density at radius 2 is 2.00 bits per heavy atom. The van der Waals surface area contributed by atoms with Crippen LogP contribution >= 0.6 is 0 Å². The van der Waals surface area contributed by atoms with Crippen molar-refractivity contribution < 1.29 is 4.74 Å². The molecule has 0 aliphatic carbocycles. The molecule has 1 aliphatic rings. The molecule has 0 unspecified atom stereocenters. The van der Waals surface area contributed by atoms with Crippen molar-refractivity contribution in [2.45, 2.75) is 13.0 Å². The average Bonchev–Trinajstić information content (AvgIpc) is 3.18. The molecule has 0 fully saturated rings. The lowest BCUT2D eigenvalue weighted by molar-refractivity contribution is 0.161. The second-order valence-corrected chi connectivity index (χ2v) is 6.78. The molecule has 5 rings (SSSR count). The van der Waals surface area contributed by atoms with Crippen LogP contribution in [0.1, 0.15) is 17.7 Å². The van der Waals surface area contributed by atoms with Crippen molar-refractivity contribution in [3.8, 4) is 11.3 Å². The standard InChI is InChI=1S/C22H19N5O/c1-2-16(11-23-6-1)14-27-7-3-19-21(27)10-20(18-12-24-15-25-13-18)26-22(19)17-4-8-28-9-5-17/h1-4,6-7,10-13,15H,5,8-9,14H2. The molecule has 6 nitrogen and oxygen atoms in total. The Morgan fingerprint density at radius 3 is 2.79 bits per heavy atom. The van der Waals surface area contributed by atoms with Crippen molar-refractivity contribution >= 4 is 16.5 Å². The fourth-order valence-electron chi connectivity index (χ4n) is 3.58. The van der Waals surface area contributed by atoms with Gasteiger partial charge in [-0.1, -0.05) is 12.1 Å². The summed E-state index contributed by atoms with van der Waals surface area (Å²) in [4.78, 5) is 17.5. The molecule has 0 N–H and O–H groups in total. The van der Waals surface area contributed by atoms with Crippen LogP contribution in [-0.2, 0) is 11.3 Å². The molecule has 0 saturated carbocycles. The van der Waals surface area contributed by atoms with Gasteiger partial charge in [-0.05, 0) is 35.8 Å². The molecule has 0 atom stereocenters. The minimum Gasteiger partial charge on any atom is -0.377 e. The van der Waals surface area contributed by atoms with Gasteiger partial charge in [0, 0.05) is 48.5 Å². The van der Waals surface area contributed by atoms with Crippen LogP contribution in [0.25, 0.3) is 27.7 Å². The van der Waals surface area contributed by atoms with E-state index in [2.05, 4.69) is 50.0 Å². The maximum Gasteiger partial charge on any atom is 0.115 e. The van der Waals surface area contributed by atoms with Gasteiger partial charge in [-0.2, -0.15) is 0 Å². The molecular formula is C22H19N5O. The molecule has 0 saturated heterocycles. The number of hydrogen-bond donors (Lipinski definition) is 0. The Labute approximate surface area is 162 Å². The smallest absolute Gasteiger partial charge is 0.115 e. The lowest BCUT2D eigenvalue weighted by Crippen LogP contribution is -2.06. The van der Waals surface area contributed by atoms with Crippen LogP contribution in [0.5, 0.6) is 0 Å². The normalized spacial score (nSPS) is 14.2. The number of fused-ring (bicyclic) bond motifs is 1. The first-order valence-corrected chi connectivity index (χ1v) is 9.30. The second-order valence-electron chi connectivity index (χ2n) is 6.78. The Hall–Kier alpha value is -3.38. The van der Waals surface area contributed by atoms with E-state index >= 15 is 0 Å². The summed E-state index contributed by atoms with van der Waals surface area (Å²) in [6.45, 7) is 2.12. The van der Waals surface area contributed by atoms with E-state index in [1.807, 2.05) is 12.3 Å². The average molecular weight is 369 g/mol. The van der Waals surface area contributed by atoms with Gasteiger partial charge in [0.05, 0.1) is 30.1 Å². The third kappa shape index (κ3) is 3.18. The van der Waals surface area contributed by atoms with Crippen molar-refractivity contribution in [1.82, 2.24) is 24.5 Å². The largest absolute Gasteiger partial charge is 0.377 e. The van der Waals surface area contributed by atoms with Gasteiger partial charge in [-0.3, -0.25) is 4.98 Å². The van der Waals surface area contributed by atoms with E-state index in [4.69, 9.17) is 9.72 Å². The van der Waals surface area contributed by atoms with E-state index in [0.717, 1.165) is 53.0 Å². The van der Waals surface area contributed by atoms with Crippen molar-refractivity contribution in [3.05, 3.63) is 78.9 Å². The maximum atomic E-state index is 5.50. The van der Waals surface area contributed by atoms with E-state index in [0.29, 0.717) is 6.61 Å². The van der Waals surface area contributed by atoms with Gasteiger partial charge < -0.3 is 9.30 Å². The van der Waals surface area contributed by atoms with E-state index in [9.17, 15) is 0 Å².